The fraction of sp³-hybridized carbons (Fsp3) is 0.667. The normalized spacial score (nSPS) is 25.8. The maximum Gasteiger partial charge on any atom is 0.227 e. The van der Waals surface area contributed by atoms with E-state index in [-0.39, 0.29) is 24.7 Å². The van der Waals surface area contributed by atoms with E-state index >= 15 is 0 Å². The summed E-state index contributed by atoms with van der Waals surface area (Å²) in [6.07, 6.45) is 2.57. The SMILES string of the molecule is Cc1noc(C)c1CC(=O)N1CC[C@]2(CCCO2)C(=O)C1. The first-order valence-corrected chi connectivity index (χ1v) is 7.39. The Balaban J connectivity index is 1.66. The van der Waals surface area contributed by atoms with Crippen LogP contribution in [0.3, 0.4) is 0 Å². The Morgan fingerprint density at radius 2 is 2.19 bits per heavy atom. The fourth-order valence-electron chi connectivity index (χ4n) is 3.20. The van der Waals surface area contributed by atoms with Crippen LogP contribution in [0.4, 0.5) is 0 Å². The second kappa shape index (κ2) is 5.26. The molecular weight excluding hydrogens is 272 g/mol. The third kappa shape index (κ3) is 2.48. The third-order valence-electron chi connectivity index (χ3n) is 4.59. The van der Waals surface area contributed by atoms with Crippen LogP contribution in [0.1, 0.15) is 36.3 Å². The van der Waals surface area contributed by atoms with Crippen molar-refractivity contribution in [2.45, 2.75) is 45.1 Å². The molecule has 1 atom stereocenters. The van der Waals surface area contributed by atoms with Crippen LogP contribution in [0, 0.1) is 13.8 Å². The minimum Gasteiger partial charge on any atom is -0.367 e. The lowest BCUT2D eigenvalue weighted by Gasteiger charge is -2.37. The van der Waals surface area contributed by atoms with Crippen LogP contribution < -0.4 is 0 Å². The van der Waals surface area contributed by atoms with Gasteiger partial charge in [0, 0.05) is 25.1 Å². The van der Waals surface area contributed by atoms with E-state index in [1.54, 1.807) is 11.8 Å². The summed E-state index contributed by atoms with van der Waals surface area (Å²) in [6, 6.07) is 0. The number of Topliss-reactive ketones (excluding diaryl/α,β-unsaturated/α-hetero) is 1. The summed E-state index contributed by atoms with van der Waals surface area (Å²) >= 11 is 0. The van der Waals surface area contributed by atoms with E-state index in [1.807, 2.05) is 6.92 Å². The van der Waals surface area contributed by atoms with Crippen molar-refractivity contribution in [3.63, 3.8) is 0 Å². The number of piperidine rings is 1. The van der Waals surface area contributed by atoms with Gasteiger partial charge in [0.25, 0.3) is 0 Å². The van der Waals surface area contributed by atoms with E-state index in [4.69, 9.17) is 9.26 Å². The molecule has 2 aliphatic heterocycles. The molecule has 3 rings (SSSR count). The lowest BCUT2D eigenvalue weighted by Crippen LogP contribution is -2.54. The van der Waals surface area contributed by atoms with E-state index in [0.717, 1.165) is 24.1 Å². The molecule has 1 spiro atoms. The van der Waals surface area contributed by atoms with Gasteiger partial charge in [0.05, 0.1) is 18.7 Å². The van der Waals surface area contributed by atoms with Crippen molar-refractivity contribution in [3.05, 3.63) is 17.0 Å². The number of rotatable bonds is 2. The second-order valence-electron chi connectivity index (χ2n) is 5.91. The first kappa shape index (κ1) is 14.3. The smallest absolute Gasteiger partial charge is 0.227 e. The number of ketones is 1. The molecule has 3 heterocycles. The molecule has 0 N–H and O–H groups in total. The van der Waals surface area contributed by atoms with Gasteiger partial charge in [-0.1, -0.05) is 5.16 Å². The molecule has 0 radical (unpaired) electrons. The average molecular weight is 292 g/mol. The first-order valence-electron chi connectivity index (χ1n) is 7.39. The molecule has 2 fully saturated rings. The lowest BCUT2D eigenvalue weighted by atomic mass is 9.87. The maximum atomic E-state index is 12.4. The lowest BCUT2D eigenvalue weighted by molar-refractivity contribution is -0.152. The van der Waals surface area contributed by atoms with Gasteiger partial charge in [-0.05, 0) is 26.7 Å². The van der Waals surface area contributed by atoms with Crippen molar-refractivity contribution in [2.24, 2.45) is 0 Å². The molecule has 2 saturated heterocycles. The number of likely N-dealkylation sites (tertiary alicyclic amines) is 1. The number of carbonyl (C=O) groups excluding carboxylic acids is 2. The second-order valence-corrected chi connectivity index (χ2v) is 5.91. The van der Waals surface area contributed by atoms with Crippen LogP contribution in [0.5, 0.6) is 0 Å². The van der Waals surface area contributed by atoms with Crippen LogP contribution in [-0.4, -0.2) is 47.0 Å². The van der Waals surface area contributed by atoms with E-state index < -0.39 is 5.60 Å². The quantitative estimate of drug-likeness (QED) is 0.818. The molecule has 0 aliphatic carbocycles. The molecule has 0 aromatic carbocycles. The molecule has 1 amide bonds. The topological polar surface area (TPSA) is 72.6 Å². The van der Waals surface area contributed by atoms with Crippen molar-refractivity contribution in [1.82, 2.24) is 10.1 Å². The number of aryl methyl sites for hydroxylation is 2. The number of amides is 1. The number of aromatic nitrogens is 1. The van der Waals surface area contributed by atoms with Crippen LogP contribution in [0.25, 0.3) is 0 Å². The van der Waals surface area contributed by atoms with Crippen LogP contribution in [-0.2, 0) is 20.7 Å². The number of nitrogens with zero attached hydrogens (tertiary/aromatic N) is 2. The average Bonchev–Trinajstić information content (AvgIpc) is 3.05. The molecule has 0 saturated carbocycles. The molecule has 0 bridgehead atoms. The third-order valence-corrected chi connectivity index (χ3v) is 4.59. The van der Waals surface area contributed by atoms with Gasteiger partial charge < -0.3 is 14.2 Å². The molecular formula is C15H20N2O4. The Hall–Kier alpha value is -1.69. The fourth-order valence-corrected chi connectivity index (χ4v) is 3.20. The van der Waals surface area contributed by atoms with Gasteiger partial charge in [-0.3, -0.25) is 9.59 Å². The van der Waals surface area contributed by atoms with Gasteiger partial charge >= 0.3 is 0 Å². The maximum absolute atomic E-state index is 12.4. The summed E-state index contributed by atoms with van der Waals surface area (Å²) in [5, 5.41) is 3.85. The van der Waals surface area contributed by atoms with Gasteiger partial charge in [0.2, 0.25) is 5.91 Å². The molecule has 114 valence electrons. The zero-order chi connectivity index (χ0) is 15.0. The van der Waals surface area contributed by atoms with Gasteiger partial charge in [0.15, 0.2) is 5.78 Å². The van der Waals surface area contributed by atoms with Gasteiger partial charge in [-0.25, -0.2) is 0 Å². The monoisotopic (exact) mass is 292 g/mol. The van der Waals surface area contributed by atoms with Crippen molar-refractivity contribution in [1.29, 1.82) is 0 Å². The molecule has 0 unspecified atom stereocenters. The van der Waals surface area contributed by atoms with Crippen molar-refractivity contribution >= 4 is 11.7 Å². The van der Waals surface area contributed by atoms with Crippen molar-refractivity contribution in [2.75, 3.05) is 19.7 Å². The van der Waals surface area contributed by atoms with E-state index in [9.17, 15) is 9.59 Å². The Kier molecular flexibility index (Phi) is 3.57. The minimum absolute atomic E-state index is 0.0402. The van der Waals surface area contributed by atoms with Crippen LogP contribution in [0.15, 0.2) is 4.52 Å². The molecule has 1 aromatic heterocycles. The standard InChI is InChI=1S/C15H20N2O4/c1-10-12(11(2)21-16-10)8-14(19)17-6-5-15(13(18)9-17)4-3-7-20-15/h3-9H2,1-2H3/t15-/m1/s1. The Morgan fingerprint density at radius 3 is 2.76 bits per heavy atom. The molecule has 2 aliphatic rings. The van der Waals surface area contributed by atoms with Crippen molar-refractivity contribution < 1.29 is 18.8 Å². The zero-order valence-electron chi connectivity index (χ0n) is 12.5. The highest BCUT2D eigenvalue weighted by molar-refractivity contribution is 5.94. The largest absolute Gasteiger partial charge is 0.367 e. The number of ether oxygens (including phenoxy) is 1. The first-order chi connectivity index (χ1) is 10.0. The summed E-state index contributed by atoms with van der Waals surface area (Å²) in [4.78, 5) is 26.3. The van der Waals surface area contributed by atoms with E-state index in [2.05, 4.69) is 5.16 Å². The van der Waals surface area contributed by atoms with Crippen LogP contribution in [0.2, 0.25) is 0 Å². The predicted octanol–water partition coefficient (Wildman–Crippen LogP) is 1.18. The van der Waals surface area contributed by atoms with Gasteiger partial charge in [-0.15, -0.1) is 0 Å². The van der Waals surface area contributed by atoms with E-state index in [0.29, 0.717) is 25.3 Å². The summed E-state index contributed by atoms with van der Waals surface area (Å²) in [6.45, 7) is 5.00. The Morgan fingerprint density at radius 1 is 1.38 bits per heavy atom. The highest BCUT2D eigenvalue weighted by Gasteiger charge is 2.46. The molecule has 21 heavy (non-hydrogen) atoms. The minimum atomic E-state index is -0.611. The predicted molar refractivity (Wildman–Crippen MR) is 73.8 cm³/mol. The summed E-state index contributed by atoms with van der Waals surface area (Å²) in [5.74, 6) is 0.656. The van der Waals surface area contributed by atoms with Gasteiger partial charge in [-0.2, -0.15) is 0 Å². The van der Waals surface area contributed by atoms with Crippen molar-refractivity contribution in [3.8, 4) is 0 Å². The highest BCUT2D eigenvalue weighted by Crippen LogP contribution is 2.33. The van der Waals surface area contributed by atoms with Crippen LogP contribution >= 0.6 is 0 Å². The van der Waals surface area contributed by atoms with Gasteiger partial charge in [0.1, 0.15) is 11.4 Å². The number of hydrogen-bond acceptors (Lipinski definition) is 5. The molecule has 1 aromatic rings. The molecule has 6 nitrogen and oxygen atoms in total. The zero-order valence-corrected chi connectivity index (χ0v) is 12.5. The Labute approximate surface area is 123 Å². The summed E-state index contributed by atoms with van der Waals surface area (Å²) in [5.41, 5.74) is 0.949. The summed E-state index contributed by atoms with van der Waals surface area (Å²) < 4.78 is 10.7. The number of hydrogen-bond donors (Lipinski definition) is 0. The highest BCUT2D eigenvalue weighted by atomic mass is 16.5. The van der Waals surface area contributed by atoms with E-state index in [1.165, 1.54) is 0 Å². The summed E-state index contributed by atoms with van der Waals surface area (Å²) in [7, 11) is 0. The molecule has 6 heteroatoms. The Bertz CT molecular complexity index is 553. The number of carbonyl (C=O) groups is 2.